The number of hydrogen-bond donors (Lipinski definition) is 2. The Bertz CT molecular complexity index is 617. The van der Waals surface area contributed by atoms with Crippen LogP contribution >= 0.6 is 0 Å². The summed E-state index contributed by atoms with van der Waals surface area (Å²) in [5.74, 6) is 0.656. The Hall–Kier alpha value is -2.37. The second-order valence-corrected chi connectivity index (χ2v) is 5.33. The molecule has 0 fully saturated rings. The van der Waals surface area contributed by atoms with Gasteiger partial charge in [-0.1, -0.05) is 36.4 Å². The highest BCUT2D eigenvalue weighted by atomic mass is 16.5. The molecule has 0 saturated carbocycles. The number of benzene rings is 2. The van der Waals surface area contributed by atoms with Gasteiger partial charge in [0.25, 0.3) is 0 Å². The van der Waals surface area contributed by atoms with Gasteiger partial charge in [0.05, 0.1) is 19.8 Å². The second kappa shape index (κ2) is 10.4. The van der Waals surface area contributed by atoms with Crippen molar-refractivity contribution in [2.75, 3.05) is 38.7 Å². The van der Waals surface area contributed by atoms with Crippen LogP contribution in [0.25, 0.3) is 0 Å². The Balaban J connectivity index is 1.75. The number of amides is 1. The summed E-state index contributed by atoms with van der Waals surface area (Å²) >= 11 is 0. The smallest absolute Gasteiger partial charge is 0.238 e. The Morgan fingerprint density at radius 3 is 2.67 bits per heavy atom. The molecule has 2 aromatic rings. The molecule has 2 rings (SSSR count). The van der Waals surface area contributed by atoms with E-state index in [4.69, 9.17) is 9.47 Å². The third kappa shape index (κ3) is 6.81. The van der Waals surface area contributed by atoms with Crippen LogP contribution in [0.15, 0.2) is 54.6 Å². The number of hydrogen-bond acceptors (Lipinski definition) is 4. The SMILES string of the molecule is COCCNCC(=O)Nc1cccc(OCCc2ccccc2)c1. The molecule has 0 heterocycles. The van der Waals surface area contributed by atoms with Gasteiger partial charge in [-0.05, 0) is 17.7 Å². The molecule has 0 atom stereocenters. The van der Waals surface area contributed by atoms with E-state index in [1.165, 1.54) is 5.56 Å². The zero-order chi connectivity index (χ0) is 17.0. The normalized spacial score (nSPS) is 10.4. The van der Waals surface area contributed by atoms with E-state index in [0.717, 1.165) is 17.9 Å². The van der Waals surface area contributed by atoms with E-state index in [1.807, 2.05) is 42.5 Å². The Kier molecular flexibility index (Phi) is 7.80. The van der Waals surface area contributed by atoms with Gasteiger partial charge in [-0.25, -0.2) is 0 Å². The van der Waals surface area contributed by atoms with E-state index in [1.54, 1.807) is 7.11 Å². The van der Waals surface area contributed by atoms with Crippen LogP contribution in [0.1, 0.15) is 5.56 Å². The average molecular weight is 328 g/mol. The maximum Gasteiger partial charge on any atom is 0.238 e. The van der Waals surface area contributed by atoms with E-state index in [2.05, 4.69) is 22.8 Å². The number of ether oxygens (including phenoxy) is 2. The zero-order valence-corrected chi connectivity index (χ0v) is 14.0. The van der Waals surface area contributed by atoms with Gasteiger partial charge in [0.1, 0.15) is 5.75 Å². The molecule has 0 saturated heterocycles. The van der Waals surface area contributed by atoms with Crippen LogP contribution in [0.2, 0.25) is 0 Å². The lowest BCUT2D eigenvalue weighted by molar-refractivity contribution is -0.115. The van der Waals surface area contributed by atoms with Crippen molar-refractivity contribution >= 4 is 11.6 Å². The molecule has 24 heavy (non-hydrogen) atoms. The van der Waals surface area contributed by atoms with E-state index < -0.39 is 0 Å². The molecule has 0 aromatic heterocycles. The van der Waals surface area contributed by atoms with Gasteiger partial charge in [-0.15, -0.1) is 0 Å². The molecule has 0 unspecified atom stereocenters. The largest absolute Gasteiger partial charge is 0.493 e. The predicted octanol–water partition coefficient (Wildman–Crippen LogP) is 2.48. The summed E-state index contributed by atoms with van der Waals surface area (Å²) in [5, 5.41) is 5.85. The van der Waals surface area contributed by atoms with E-state index in [9.17, 15) is 4.79 Å². The van der Waals surface area contributed by atoms with Crippen molar-refractivity contribution in [3.63, 3.8) is 0 Å². The van der Waals surface area contributed by atoms with Crippen LogP contribution in [0.5, 0.6) is 5.75 Å². The fraction of sp³-hybridized carbons (Fsp3) is 0.316. The Labute approximate surface area is 143 Å². The molecule has 2 aromatic carbocycles. The van der Waals surface area contributed by atoms with Crippen molar-refractivity contribution in [3.05, 3.63) is 60.2 Å². The van der Waals surface area contributed by atoms with Crippen molar-refractivity contribution in [2.45, 2.75) is 6.42 Å². The highest BCUT2D eigenvalue weighted by Gasteiger charge is 2.03. The van der Waals surface area contributed by atoms with E-state index in [0.29, 0.717) is 19.8 Å². The van der Waals surface area contributed by atoms with Crippen LogP contribution < -0.4 is 15.4 Å². The lowest BCUT2D eigenvalue weighted by Gasteiger charge is -2.10. The van der Waals surface area contributed by atoms with Crippen LogP contribution in [-0.4, -0.2) is 39.3 Å². The highest BCUT2D eigenvalue weighted by Crippen LogP contribution is 2.17. The molecule has 2 N–H and O–H groups in total. The molecule has 5 nitrogen and oxygen atoms in total. The van der Waals surface area contributed by atoms with Crippen molar-refractivity contribution < 1.29 is 14.3 Å². The summed E-state index contributed by atoms with van der Waals surface area (Å²) in [5.41, 5.74) is 1.97. The third-order valence-electron chi connectivity index (χ3n) is 3.39. The van der Waals surface area contributed by atoms with Crippen molar-refractivity contribution in [1.82, 2.24) is 5.32 Å². The first-order valence-corrected chi connectivity index (χ1v) is 8.04. The first-order valence-electron chi connectivity index (χ1n) is 8.04. The average Bonchev–Trinajstić information content (AvgIpc) is 2.60. The number of rotatable bonds is 10. The lowest BCUT2D eigenvalue weighted by atomic mass is 10.2. The topological polar surface area (TPSA) is 59.6 Å². The van der Waals surface area contributed by atoms with Gasteiger partial charge in [-0.2, -0.15) is 0 Å². The van der Waals surface area contributed by atoms with Crippen molar-refractivity contribution in [3.8, 4) is 5.75 Å². The molecule has 0 aliphatic heterocycles. The van der Waals surface area contributed by atoms with Gasteiger partial charge in [0.2, 0.25) is 5.91 Å². The number of carbonyl (C=O) groups excluding carboxylic acids is 1. The quantitative estimate of drug-likeness (QED) is 0.658. The first kappa shape index (κ1) is 18.0. The van der Waals surface area contributed by atoms with Crippen LogP contribution in [0, 0.1) is 0 Å². The van der Waals surface area contributed by atoms with Gasteiger partial charge in [0, 0.05) is 31.8 Å². The standard InChI is InChI=1S/C19H24N2O3/c1-23-13-11-20-15-19(22)21-17-8-5-9-18(14-17)24-12-10-16-6-3-2-4-7-16/h2-9,14,20H,10-13,15H2,1H3,(H,21,22). The maximum atomic E-state index is 11.8. The zero-order valence-electron chi connectivity index (χ0n) is 14.0. The third-order valence-corrected chi connectivity index (χ3v) is 3.39. The fourth-order valence-electron chi connectivity index (χ4n) is 2.18. The van der Waals surface area contributed by atoms with Crippen LogP contribution in [0.4, 0.5) is 5.69 Å². The van der Waals surface area contributed by atoms with Gasteiger partial charge < -0.3 is 20.1 Å². The molecular formula is C19H24N2O3. The number of methoxy groups -OCH3 is 1. The lowest BCUT2D eigenvalue weighted by Crippen LogP contribution is -2.30. The summed E-state index contributed by atoms with van der Waals surface area (Å²) < 4.78 is 10.7. The van der Waals surface area contributed by atoms with Crippen molar-refractivity contribution in [1.29, 1.82) is 0 Å². The maximum absolute atomic E-state index is 11.8. The summed E-state index contributed by atoms with van der Waals surface area (Å²) in [6, 6.07) is 17.6. The minimum Gasteiger partial charge on any atom is -0.493 e. The minimum atomic E-state index is -0.0902. The molecule has 1 amide bonds. The highest BCUT2D eigenvalue weighted by molar-refractivity contribution is 5.92. The molecule has 0 bridgehead atoms. The molecule has 0 spiro atoms. The summed E-state index contributed by atoms with van der Waals surface area (Å²) in [6.45, 7) is 2.08. The van der Waals surface area contributed by atoms with E-state index in [-0.39, 0.29) is 12.5 Å². The van der Waals surface area contributed by atoms with Crippen molar-refractivity contribution in [2.24, 2.45) is 0 Å². The molecule has 128 valence electrons. The van der Waals surface area contributed by atoms with Crippen LogP contribution in [-0.2, 0) is 16.0 Å². The van der Waals surface area contributed by atoms with Gasteiger partial charge in [-0.3, -0.25) is 4.79 Å². The summed E-state index contributed by atoms with van der Waals surface area (Å²) in [7, 11) is 1.63. The minimum absolute atomic E-state index is 0.0902. The first-order chi connectivity index (χ1) is 11.8. The van der Waals surface area contributed by atoms with Crippen LogP contribution in [0.3, 0.4) is 0 Å². The summed E-state index contributed by atoms with van der Waals surface area (Å²) in [4.78, 5) is 11.8. The number of anilines is 1. The second-order valence-electron chi connectivity index (χ2n) is 5.33. The monoisotopic (exact) mass is 328 g/mol. The number of nitrogens with one attached hydrogen (secondary N) is 2. The molecule has 0 aliphatic carbocycles. The predicted molar refractivity (Wildman–Crippen MR) is 95.5 cm³/mol. The van der Waals surface area contributed by atoms with Gasteiger partial charge >= 0.3 is 0 Å². The molecule has 0 aliphatic rings. The van der Waals surface area contributed by atoms with Gasteiger partial charge in [0.15, 0.2) is 0 Å². The Morgan fingerprint density at radius 1 is 1.04 bits per heavy atom. The molecule has 0 radical (unpaired) electrons. The molecule has 5 heteroatoms. The van der Waals surface area contributed by atoms with E-state index >= 15 is 0 Å². The Morgan fingerprint density at radius 2 is 1.88 bits per heavy atom. The molecular weight excluding hydrogens is 304 g/mol. The fourth-order valence-corrected chi connectivity index (χ4v) is 2.18. The number of carbonyl (C=O) groups is 1. The summed E-state index contributed by atoms with van der Waals surface area (Å²) in [6.07, 6.45) is 0.848.